The quantitative estimate of drug-likeness (QED) is 0.932. The molecule has 0 bridgehead atoms. The number of halogens is 1. The molecule has 0 radical (unpaired) electrons. The summed E-state index contributed by atoms with van der Waals surface area (Å²) in [5.41, 5.74) is 0.165. The summed E-state index contributed by atoms with van der Waals surface area (Å²) in [6.45, 7) is 0.804. The second kappa shape index (κ2) is 6.94. The normalized spacial score (nSPS) is 23.7. The fourth-order valence-corrected chi connectivity index (χ4v) is 3.57. The maximum atomic E-state index is 13.4. The van der Waals surface area contributed by atoms with E-state index in [0.717, 1.165) is 5.56 Å². The maximum Gasteiger partial charge on any atom is 0.254 e. The molecule has 0 saturated carbocycles. The van der Waals surface area contributed by atoms with Crippen LogP contribution in [0.2, 0.25) is 0 Å². The Kier molecular flexibility index (Phi) is 4.88. The minimum Gasteiger partial charge on any atom is -0.383 e. The van der Waals surface area contributed by atoms with Crippen molar-refractivity contribution in [2.75, 3.05) is 27.2 Å². The average molecular weight is 342 g/mol. The number of rotatable bonds is 3. The molecule has 2 aromatic rings. The summed E-state index contributed by atoms with van der Waals surface area (Å²) in [5.74, 6) is -0.630. The number of likely N-dealkylation sites (N-methyl/N-ethyl adjacent to an activating group) is 1. The molecule has 1 fully saturated rings. The Morgan fingerprint density at radius 2 is 1.92 bits per heavy atom. The number of carbonyl (C=O) groups excluding carboxylic acids is 1. The minimum absolute atomic E-state index is 0.207. The summed E-state index contributed by atoms with van der Waals surface area (Å²) < 4.78 is 13.4. The third kappa shape index (κ3) is 3.43. The minimum atomic E-state index is -1.02. The van der Waals surface area contributed by atoms with Gasteiger partial charge in [-0.25, -0.2) is 4.39 Å². The van der Waals surface area contributed by atoms with Crippen molar-refractivity contribution >= 4 is 5.91 Å². The van der Waals surface area contributed by atoms with Gasteiger partial charge in [-0.2, -0.15) is 0 Å². The summed E-state index contributed by atoms with van der Waals surface area (Å²) in [4.78, 5) is 16.4. The highest BCUT2D eigenvalue weighted by molar-refractivity contribution is 5.94. The number of hydrogen-bond acceptors (Lipinski definition) is 3. The average Bonchev–Trinajstić information content (AvgIpc) is 2.62. The molecule has 2 aromatic carbocycles. The predicted octanol–water partition coefficient (Wildman–Crippen LogP) is 2.49. The number of benzene rings is 2. The van der Waals surface area contributed by atoms with Crippen molar-refractivity contribution in [2.45, 2.75) is 18.1 Å². The second-order valence-corrected chi connectivity index (χ2v) is 6.78. The Morgan fingerprint density at radius 1 is 1.20 bits per heavy atom. The molecule has 1 aliphatic rings. The van der Waals surface area contributed by atoms with Gasteiger partial charge < -0.3 is 14.9 Å². The Hall–Kier alpha value is -2.24. The van der Waals surface area contributed by atoms with Gasteiger partial charge in [-0.1, -0.05) is 36.4 Å². The van der Waals surface area contributed by atoms with Gasteiger partial charge in [-0.15, -0.1) is 0 Å². The van der Waals surface area contributed by atoms with Crippen molar-refractivity contribution in [3.63, 3.8) is 0 Å². The molecule has 1 N–H and O–H groups in total. The highest BCUT2D eigenvalue weighted by atomic mass is 19.1. The van der Waals surface area contributed by atoms with Crippen molar-refractivity contribution in [3.8, 4) is 0 Å². The number of piperidine rings is 1. The smallest absolute Gasteiger partial charge is 0.254 e. The number of nitrogens with zero attached hydrogens (tertiary/aromatic N) is 2. The van der Waals surface area contributed by atoms with Crippen LogP contribution in [0.4, 0.5) is 4.39 Å². The van der Waals surface area contributed by atoms with E-state index in [0.29, 0.717) is 25.1 Å². The van der Waals surface area contributed by atoms with Gasteiger partial charge in [-0.05, 0) is 44.3 Å². The van der Waals surface area contributed by atoms with Gasteiger partial charge in [-0.3, -0.25) is 4.79 Å². The SMILES string of the molecule is CN(C)[C@@H]1CN(C(=O)c2cccc(F)c2)CC[C@]1(O)c1ccccc1. The molecule has 2 atom stereocenters. The van der Waals surface area contributed by atoms with Crippen LogP contribution >= 0.6 is 0 Å². The van der Waals surface area contributed by atoms with Gasteiger partial charge in [0.2, 0.25) is 0 Å². The molecule has 0 aliphatic carbocycles. The van der Waals surface area contributed by atoms with Crippen LogP contribution in [0.15, 0.2) is 54.6 Å². The van der Waals surface area contributed by atoms with Crippen molar-refractivity contribution in [2.24, 2.45) is 0 Å². The lowest BCUT2D eigenvalue weighted by Gasteiger charge is -2.47. The van der Waals surface area contributed by atoms with Crippen LogP contribution in [0.3, 0.4) is 0 Å². The van der Waals surface area contributed by atoms with Gasteiger partial charge in [0.15, 0.2) is 0 Å². The predicted molar refractivity (Wildman–Crippen MR) is 94.7 cm³/mol. The zero-order valence-corrected chi connectivity index (χ0v) is 14.5. The van der Waals surface area contributed by atoms with Crippen LogP contribution in [-0.4, -0.2) is 54.0 Å². The Balaban J connectivity index is 1.86. The number of amides is 1. The molecule has 4 nitrogen and oxygen atoms in total. The van der Waals surface area contributed by atoms with Gasteiger partial charge in [0.1, 0.15) is 11.4 Å². The van der Waals surface area contributed by atoms with Crippen LogP contribution in [-0.2, 0) is 5.60 Å². The summed E-state index contributed by atoms with van der Waals surface area (Å²) in [7, 11) is 3.80. The first kappa shape index (κ1) is 17.6. The van der Waals surface area contributed by atoms with Crippen LogP contribution in [0, 0.1) is 5.82 Å². The fraction of sp³-hybridized carbons (Fsp3) is 0.350. The van der Waals surface area contributed by atoms with Gasteiger partial charge >= 0.3 is 0 Å². The van der Waals surface area contributed by atoms with Crippen molar-refractivity contribution < 1.29 is 14.3 Å². The first-order chi connectivity index (χ1) is 11.9. The molecule has 1 heterocycles. The van der Waals surface area contributed by atoms with E-state index in [1.165, 1.54) is 18.2 Å². The summed E-state index contributed by atoms with van der Waals surface area (Å²) in [6, 6.07) is 15.1. The molecule has 1 amide bonds. The fourth-order valence-electron chi connectivity index (χ4n) is 3.57. The molecule has 0 unspecified atom stereocenters. The largest absolute Gasteiger partial charge is 0.383 e. The lowest BCUT2D eigenvalue weighted by atomic mass is 9.79. The summed E-state index contributed by atoms with van der Waals surface area (Å²) in [6.07, 6.45) is 0.431. The van der Waals surface area contributed by atoms with E-state index in [4.69, 9.17) is 0 Å². The molecule has 3 rings (SSSR count). The monoisotopic (exact) mass is 342 g/mol. The highest BCUT2D eigenvalue weighted by Crippen LogP contribution is 2.35. The highest BCUT2D eigenvalue weighted by Gasteiger charge is 2.45. The third-order valence-electron chi connectivity index (χ3n) is 4.96. The lowest BCUT2D eigenvalue weighted by Crippen LogP contribution is -2.60. The Morgan fingerprint density at radius 3 is 2.56 bits per heavy atom. The molecular weight excluding hydrogens is 319 g/mol. The van der Waals surface area contributed by atoms with Crippen molar-refractivity contribution in [1.82, 2.24) is 9.80 Å². The third-order valence-corrected chi connectivity index (χ3v) is 4.96. The van der Waals surface area contributed by atoms with Crippen LogP contribution in [0.5, 0.6) is 0 Å². The van der Waals surface area contributed by atoms with Crippen LogP contribution in [0.1, 0.15) is 22.3 Å². The standard InChI is InChI=1S/C20H23FN2O2/c1-22(2)18-14-23(19(24)15-7-6-10-17(21)13-15)12-11-20(18,25)16-8-4-3-5-9-16/h3-10,13,18,25H,11-12,14H2,1-2H3/t18-,20+/m1/s1. The number of hydrogen-bond donors (Lipinski definition) is 1. The summed E-state index contributed by atoms with van der Waals surface area (Å²) in [5, 5.41) is 11.3. The molecule has 1 aliphatic heterocycles. The van der Waals surface area contributed by atoms with Gasteiger partial charge in [0.05, 0.1) is 6.04 Å². The van der Waals surface area contributed by atoms with E-state index < -0.39 is 11.4 Å². The van der Waals surface area contributed by atoms with Crippen LogP contribution < -0.4 is 0 Å². The van der Waals surface area contributed by atoms with E-state index in [2.05, 4.69) is 0 Å². The van der Waals surface area contributed by atoms with E-state index in [1.807, 2.05) is 49.3 Å². The van der Waals surface area contributed by atoms with E-state index >= 15 is 0 Å². The first-order valence-corrected chi connectivity index (χ1v) is 8.41. The van der Waals surface area contributed by atoms with E-state index in [1.54, 1.807) is 11.0 Å². The zero-order chi connectivity index (χ0) is 18.0. The first-order valence-electron chi connectivity index (χ1n) is 8.41. The van der Waals surface area contributed by atoms with Gasteiger partial charge in [0.25, 0.3) is 5.91 Å². The van der Waals surface area contributed by atoms with Crippen molar-refractivity contribution in [1.29, 1.82) is 0 Å². The molecule has 5 heteroatoms. The molecule has 0 spiro atoms. The number of carbonyl (C=O) groups is 1. The molecule has 1 saturated heterocycles. The Bertz CT molecular complexity index is 750. The number of aliphatic hydroxyl groups is 1. The second-order valence-electron chi connectivity index (χ2n) is 6.78. The topological polar surface area (TPSA) is 43.8 Å². The maximum absolute atomic E-state index is 13.4. The van der Waals surface area contributed by atoms with Crippen molar-refractivity contribution in [3.05, 3.63) is 71.5 Å². The lowest BCUT2D eigenvalue weighted by molar-refractivity contribution is -0.0810. The Labute approximate surface area is 147 Å². The van der Waals surface area contributed by atoms with E-state index in [9.17, 15) is 14.3 Å². The molecule has 25 heavy (non-hydrogen) atoms. The van der Waals surface area contributed by atoms with Gasteiger partial charge in [0, 0.05) is 18.7 Å². The summed E-state index contributed by atoms with van der Waals surface area (Å²) >= 11 is 0. The number of likely N-dealkylation sites (tertiary alicyclic amines) is 1. The van der Waals surface area contributed by atoms with Crippen LogP contribution in [0.25, 0.3) is 0 Å². The molecular formula is C20H23FN2O2. The van der Waals surface area contributed by atoms with E-state index in [-0.39, 0.29) is 11.9 Å². The molecule has 132 valence electrons. The zero-order valence-electron chi connectivity index (χ0n) is 14.5. The molecule has 0 aromatic heterocycles.